The quantitative estimate of drug-likeness (QED) is 0.650. The average molecular weight is 396 g/mol. The fraction of sp³-hybridized carbons (Fsp3) is 0.579. The molecule has 1 aliphatic rings. The summed E-state index contributed by atoms with van der Waals surface area (Å²) in [5, 5.41) is 5.46. The van der Waals surface area contributed by atoms with Gasteiger partial charge in [0.1, 0.15) is 0 Å². The number of hydrogen-bond donors (Lipinski definition) is 2. The van der Waals surface area contributed by atoms with E-state index in [2.05, 4.69) is 10.6 Å². The van der Waals surface area contributed by atoms with Crippen LogP contribution in [0.2, 0.25) is 0 Å². The summed E-state index contributed by atoms with van der Waals surface area (Å²) in [6, 6.07) is 4.91. The van der Waals surface area contributed by atoms with Gasteiger partial charge >= 0.3 is 0 Å². The Kier molecular flexibility index (Phi) is 7.38. The molecule has 1 aromatic rings. The first kappa shape index (κ1) is 21.4. The second-order valence-electron chi connectivity index (χ2n) is 7.13. The summed E-state index contributed by atoms with van der Waals surface area (Å²) >= 11 is 0. The van der Waals surface area contributed by atoms with Crippen LogP contribution in [0.3, 0.4) is 0 Å². The topological polar surface area (TPSA) is 95.6 Å². The molecule has 150 valence electrons. The Morgan fingerprint density at radius 2 is 1.70 bits per heavy atom. The van der Waals surface area contributed by atoms with E-state index in [1.54, 1.807) is 18.2 Å². The van der Waals surface area contributed by atoms with Gasteiger partial charge in [0.2, 0.25) is 21.8 Å². The second kappa shape index (κ2) is 9.32. The lowest BCUT2D eigenvalue weighted by Crippen LogP contribution is -2.41. The van der Waals surface area contributed by atoms with Crippen LogP contribution in [0, 0.1) is 19.8 Å². The Morgan fingerprint density at radius 3 is 2.33 bits per heavy atom. The van der Waals surface area contributed by atoms with E-state index in [1.165, 1.54) is 7.05 Å². The van der Waals surface area contributed by atoms with Crippen LogP contribution >= 0.6 is 0 Å². The van der Waals surface area contributed by atoms with Crippen molar-refractivity contribution in [3.63, 3.8) is 0 Å². The van der Waals surface area contributed by atoms with Crippen LogP contribution in [-0.4, -0.2) is 51.2 Å². The van der Waals surface area contributed by atoms with Gasteiger partial charge in [-0.3, -0.25) is 9.59 Å². The van der Waals surface area contributed by atoms with Crippen molar-refractivity contribution in [2.45, 2.75) is 44.4 Å². The summed E-state index contributed by atoms with van der Waals surface area (Å²) in [5.41, 5.74) is 1.89. The molecule has 0 unspecified atom stereocenters. The van der Waals surface area contributed by atoms with Crippen molar-refractivity contribution < 1.29 is 18.0 Å². The van der Waals surface area contributed by atoms with Crippen molar-refractivity contribution in [2.24, 2.45) is 5.92 Å². The van der Waals surface area contributed by atoms with Crippen molar-refractivity contribution >= 4 is 21.8 Å². The van der Waals surface area contributed by atoms with Gasteiger partial charge in [0.05, 0.1) is 11.4 Å². The number of benzene rings is 1. The molecule has 1 aliphatic carbocycles. The van der Waals surface area contributed by atoms with Crippen LogP contribution < -0.4 is 10.6 Å². The SMILES string of the molecule is Cc1ccc(S(=O)(=O)N(C)CC(=O)NCCNC(=O)C2CCCC2)cc1C. The molecule has 8 heteroatoms. The van der Waals surface area contributed by atoms with Gasteiger partial charge in [-0.25, -0.2) is 8.42 Å². The number of hydrogen-bond acceptors (Lipinski definition) is 4. The Labute approximate surface area is 161 Å². The molecule has 0 aromatic heterocycles. The normalized spacial score (nSPS) is 15.1. The fourth-order valence-corrected chi connectivity index (χ4v) is 4.33. The number of nitrogens with zero attached hydrogens (tertiary/aromatic N) is 1. The second-order valence-corrected chi connectivity index (χ2v) is 9.17. The Morgan fingerprint density at radius 1 is 1.07 bits per heavy atom. The van der Waals surface area contributed by atoms with Gasteiger partial charge in [-0.15, -0.1) is 0 Å². The minimum Gasteiger partial charge on any atom is -0.354 e. The van der Waals surface area contributed by atoms with Gasteiger partial charge in [0, 0.05) is 26.1 Å². The van der Waals surface area contributed by atoms with E-state index >= 15 is 0 Å². The summed E-state index contributed by atoms with van der Waals surface area (Å²) in [7, 11) is -2.34. The third-order valence-electron chi connectivity index (χ3n) is 5.03. The van der Waals surface area contributed by atoms with Gasteiger partial charge in [-0.05, 0) is 49.9 Å². The molecule has 0 atom stereocenters. The van der Waals surface area contributed by atoms with E-state index in [1.807, 2.05) is 13.8 Å². The molecule has 7 nitrogen and oxygen atoms in total. The van der Waals surface area contributed by atoms with Crippen molar-refractivity contribution in [3.8, 4) is 0 Å². The van der Waals surface area contributed by atoms with Crippen LogP contribution in [0.1, 0.15) is 36.8 Å². The van der Waals surface area contributed by atoms with Crippen LogP contribution in [0.25, 0.3) is 0 Å². The van der Waals surface area contributed by atoms with Gasteiger partial charge in [0.25, 0.3) is 0 Å². The standard InChI is InChI=1S/C19H29N3O4S/c1-14-8-9-17(12-15(14)2)27(25,26)22(3)13-18(23)20-10-11-21-19(24)16-6-4-5-7-16/h8-9,12,16H,4-7,10-11,13H2,1-3H3,(H,20,23)(H,21,24). The summed E-state index contributed by atoms with van der Waals surface area (Å²) in [6.45, 7) is 4.10. The van der Waals surface area contributed by atoms with Crippen LogP contribution in [0.4, 0.5) is 0 Å². The van der Waals surface area contributed by atoms with E-state index in [-0.39, 0.29) is 29.8 Å². The van der Waals surface area contributed by atoms with Crippen molar-refractivity contribution in [3.05, 3.63) is 29.3 Å². The molecule has 1 fully saturated rings. The molecule has 2 rings (SSSR count). The first-order valence-electron chi connectivity index (χ1n) is 9.30. The highest BCUT2D eigenvalue weighted by atomic mass is 32.2. The van der Waals surface area contributed by atoms with Crippen LogP contribution in [0.15, 0.2) is 23.1 Å². The number of amides is 2. The maximum absolute atomic E-state index is 12.6. The lowest BCUT2D eigenvalue weighted by Gasteiger charge is -2.18. The monoisotopic (exact) mass is 395 g/mol. The lowest BCUT2D eigenvalue weighted by atomic mass is 10.1. The molecule has 0 heterocycles. The zero-order valence-electron chi connectivity index (χ0n) is 16.2. The molecule has 0 radical (unpaired) electrons. The van der Waals surface area contributed by atoms with E-state index in [4.69, 9.17) is 0 Å². The summed E-state index contributed by atoms with van der Waals surface area (Å²) in [6.07, 6.45) is 4.05. The highest BCUT2D eigenvalue weighted by Gasteiger charge is 2.24. The predicted molar refractivity (Wildman–Crippen MR) is 104 cm³/mol. The molecule has 0 spiro atoms. The first-order chi connectivity index (χ1) is 12.7. The number of rotatable bonds is 8. The minimum atomic E-state index is -3.73. The van der Waals surface area contributed by atoms with Crippen LogP contribution in [-0.2, 0) is 19.6 Å². The van der Waals surface area contributed by atoms with Crippen LogP contribution in [0.5, 0.6) is 0 Å². The van der Waals surface area contributed by atoms with Crippen molar-refractivity contribution in [1.29, 1.82) is 0 Å². The van der Waals surface area contributed by atoms with E-state index < -0.39 is 15.9 Å². The summed E-state index contributed by atoms with van der Waals surface area (Å²) in [5.74, 6) is -0.272. The number of sulfonamides is 1. The first-order valence-corrected chi connectivity index (χ1v) is 10.7. The third kappa shape index (κ3) is 5.77. The van der Waals surface area contributed by atoms with Gasteiger partial charge in [-0.1, -0.05) is 18.9 Å². The smallest absolute Gasteiger partial charge is 0.243 e. The zero-order chi connectivity index (χ0) is 20.0. The number of likely N-dealkylation sites (N-methyl/N-ethyl adjacent to an activating group) is 1. The predicted octanol–water partition coefficient (Wildman–Crippen LogP) is 1.35. The van der Waals surface area contributed by atoms with E-state index in [9.17, 15) is 18.0 Å². The van der Waals surface area contributed by atoms with Crippen molar-refractivity contribution in [1.82, 2.24) is 14.9 Å². The maximum Gasteiger partial charge on any atom is 0.243 e. The highest BCUT2D eigenvalue weighted by Crippen LogP contribution is 2.24. The van der Waals surface area contributed by atoms with E-state index in [0.29, 0.717) is 6.54 Å². The zero-order valence-corrected chi connectivity index (χ0v) is 17.1. The number of carbonyl (C=O) groups is 2. The highest BCUT2D eigenvalue weighted by molar-refractivity contribution is 7.89. The largest absolute Gasteiger partial charge is 0.354 e. The van der Waals surface area contributed by atoms with E-state index in [0.717, 1.165) is 41.1 Å². The Hall–Kier alpha value is -1.93. The summed E-state index contributed by atoms with van der Waals surface area (Å²) < 4.78 is 26.2. The molecule has 1 aromatic carbocycles. The average Bonchev–Trinajstić information content (AvgIpc) is 3.15. The number of carbonyl (C=O) groups excluding carboxylic acids is 2. The lowest BCUT2D eigenvalue weighted by molar-refractivity contribution is -0.125. The maximum atomic E-state index is 12.6. The summed E-state index contributed by atoms with van der Waals surface area (Å²) in [4.78, 5) is 24.1. The third-order valence-corrected chi connectivity index (χ3v) is 6.82. The molecule has 2 amide bonds. The number of nitrogens with one attached hydrogen (secondary N) is 2. The Bertz CT molecular complexity index is 786. The fourth-order valence-electron chi connectivity index (χ4n) is 3.12. The molecule has 0 bridgehead atoms. The minimum absolute atomic E-state index is 0.0381. The molecule has 2 N–H and O–H groups in total. The molecular formula is C19H29N3O4S. The van der Waals surface area contributed by atoms with Crippen molar-refractivity contribution in [2.75, 3.05) is 26.7 Å². The molecule has 27 heavy (non-hydrogen) atoms. The Balaban J connectivity index is 1.78. The van der Waals surface area contributed by atoms with Gasteiger partial charge < -0.3 is 10.6 Å². The number of aryl methyl sites for hydroxylation is 2. The van der Waals surface area contributed by atoms with Gasteiger partial charge in [-0.2, -0.15) is 4.31 Å². The molecule has 0 saturated heterocycles. The molecule has 1 saturated carbocycles. The molecular weight excluding hydrogens is 366 g/mol. The van der Waals surface area contributed by atoms with Gasteiger partial charge in [0.15, 0.2) is 0 Å². The molecule has 0 aliphatic heterocycles.